The largest absolute Gasteiger partial charge is 0.472 e. The molecule has 0 heterocycles. The Balaban J connectivity index is 5.40. The lowest BCUT2D eigenvalue weighted by Gasteiger charge is -2.27. The maximum absolute atomic E-state index is 13.5. The molecule has 2 N–H and O–H groups in total. The van der Waals surface area contributed by atoms with Gasteiger partial charge in [-0.3, -0.25) is 18.6 Å². The number of rotatable bonds is 49. The van der Waals surface area contributed by atoms with Gasteiger partial charge in [-0.25, -0.2) is 4.57 Å². The van der Waals surface area contributed by atoms with Gasteiger partial charge in [0, 0.05) is 12.8 Å². The summed E-state index contributed by atoms with van der Waals surface area (Å²) in [5.41, 5.74) is 0. The second-order valence-electron chi connectivity index (χ2n) is 19.7. The van der Waals surface area contributed by atoms with Gasteiger partial charge in [-0.05, 0) is 96.0 Å². The Bertz CT molecular complexity index is 1400. The Morgan fingerprint density at radius 3 is 1.44 bits per heavy atom. The van der Waals surface area contributed by atoms with Gasteiger partial charge in [0.2, 0.25) is 5.91 Å². The van der Waals surface area contributed by atoms with Crippen LogP contribution in [0.25, 0.3) is 0 Å². The van der Waals surface area contributed by atoms with Crippen LogP contribution in [0.2, 0.25) is 0 Å². The Hall–Kier alpha value is -2.55. The van der Waals surface area contributed by atoms with E-state index in [-0.39, 0.29) is 31.5 Å². The van der Waals surface area contributed by atoms with Crippen LogP contribution >= 0.6 is 7.82 Å². The van der Waals surface area contributed by atoms with Crippen molar-refractivity contribution in [1.29, 1.82) is 0 Å². The number of carbonyl (C=O) groups is 2. The fourth-order valence-electron chi connectivity index (χ4n) is 7.57. The van der Waals surface area contributed by atoms with E-state index in [2.05, 4.69) is 86.8 Å². The number of nitrogens with one attached hydrogen (secondary N) is 1. The van der Waals surface area contributed by atoms with E-state index in [0.717, 1.165) is 103 Å². The van der Waals surface area contributed by atoms with Crippen LogP contribution in [-0.2, 0) is 27.9 Å². The van der Waals surface area contributed by atoms with Crippen molar-refractivity contribution in [3.63, 3.8) is 0 Å². The molecule has 0 aliphatic rings. The molecule has 3 atom stereocenters. The highest BCUT2D eigenvalue weighted by Crippen LogP contribution is 2.43. The molecule has 394 valence electrons. The number of hydrogen-bond acceptors (Lipinski definition) is 6. The predicted molar refractivity (Wildman–Crippen MR) is 291 cm³/mol. The molecule has 0 spiro atoms. The standard InChI is InChI=1S/C58H105N2O7P/c1-7-10-13-16-19-22-25-27-29-30-31-33-36-39-42-45-48-51-58(62)67-56(49-46-43-40-37-34-24-21-18-15-12-9-3)55(54-66-68(63,64)65-53-52-60(4,5)6)59-57(61)50-47-44-41-38-35-32-28-26-23-20-17-14-11-8-2/h11,14,19-20,22-23,27,29,31,33,46,49,55-56H,7-10,12-13,15-18,21,24-26,28,30,32,34-45,47-48,50-54H2,1-6H3,(H-,59,61,63,64)/p+1/b14-11+,22-19-,23-20+,29-27-,33-31-,49-46+. The van der Waals surface area contributed by atoms with Crippen LogP contribution in [0.15, 0.2) is 72.9 Å². The second kappa shape index (κ2) is 48.1. The fourth-order valence-corrected chi connectivity index (χ4v) is 8.31. The predicted octanol–water partition coefficient (Wildman–Crippen LogP) is 16.5. The van der Waals surface area contributed by atoms with Crippen molar-refractivity contribution in [1.82, 2.24) is 5.32 Å². The maximum Gasteiger partial charge on any atom is 0.472 e. The Morgan fingerprint density at radius 1 is 0.529 bits per heavy atom. The van der Waals surface area contributed by atoms with Crippen molar-refractivity contribution < 1.29 is 37.3 Å². The molecular weight excluding hydrogens is 868 g/mol. The summed E-state index contributed by atoms with van der Waals surface area (Å²) in [6.07, 6.45) is 60.4. The van der Waals surface area contributed by atoms with Gasteiger partial charge in [-0.1, -0.05) is 197 Å². The van der Waals surface area contributed by atoms with Crippen LogP contribution < -0.4 is 5.32 Å². The minimum atomic E-state index is -4.45. The van der Waals surface area contributed by atoms with Crippen molar-refractivity contribution in [2.75, 3.05) is 40.9 Å². The smallest absolute Gasteiger partial charge is 0.456 e. The molecule has 0 saturated heterocycles. The lowest BCUT2D eigenvalue weighted by atomic mass is 10.1. The molecule has 0 radical (unpaired) electrons. The highest BCUT2D eigenvalue weighted by atomic mass is 31.2. The van der Waals surface area contributed by atoms with Crippen molar-refractivity contribution in [2.45, 2.75) is 245 Å². The first-order chi connectivity index (χ1) is 32.9. The fraction of sp³-hybridized carbons (Fsp3) is 0.759. The highest BCUT2D eigenvalue weighted by Gasteiger charge is 2.30. The van der Waals surface area contributed by atoms with Crippen molar-refractivity contribution in [3.8, 4) is 0 Å². The van der Waals surface area contributed by atoms with Gasteiger partial charge in [-0.15, -0.1) is 0 Å². The minimum absolute atomic E-state index is 0.0321. The third-order valence-corrected chi connectivity index (χ3v) is 12.9. The first-order valence-electron chi connectivity index (χ1n) is 27.8. The van der Waals surface area contributed by atoms with Crippen molar-refractivity contribution >= 4 is 19.7 Å². The van der Waals surface area contributed by atoms with E-state index in [1.54, 1.807) is 0 Å². The number of ether oxygens (including phenoxy) is 1. The molecule has 1 amide bonds. The summed E-state index contributed by atoms with van der Waals surface area (Å²) < 4.78 is 30.5. The van der Waals surface area contributed by atoms with E-state index in [4.69, 9.17) is 13.8 Å². The molecule has 68 heavy (non-hydrogen) atoms. The number of likely N-dealkylation sites (N-methyl/N-ethyl adjacent to an activating group) is 1. The van der Waals surface area contributed by atoms with E-state index < -0.39 is 20.0 Å². The summed E-state index contributed by atoms with van der Waals surface area (Å²) in [6, 6.07) is -0.862. The monoisotopic (exact) mass is 974 g/mol. The number of amides is 1. The van der Waals surface area contributed by atoms with Crippen LogP contribution in [0.1, 0.15) is 233 Å². The van der Waals surface area contributed by atoms with Gasteiger partial charge in [0.1, 0.15) is 19.3 Å². The van der Waals surface area contributed by atoms with Crippen LogP contribution in [0.5, 0.6) is 0 Å². The van der Waals surface area contributed by atoms with E-state index in [0.29, 0.717) is 23.9 Å². The average molecular weight is 974 g/mol. The summed E-state index contributed by atoms with van der Waals surface area (Å²) in [5.74, 6) is -0.544. The molecule has 0 rings (SSSR count). The number of phosphoric acid groups is 1. The molecule has 9 nitrogen and oxygen atoms in total. The van der Waals surface area contributed by atoms with Crippen molar-refractivity contribution in [2.24, 2.45) is 0 Å². The molecule has 0 bridgehead atoms. The number of unbranched alkanes of at least 4 members (excludes halogenated alkanes) is 23. The molecule has 0 fully saturated rings. The normalized spacial score (nSPS) is 14.4. The van der Waals surface area contributed by atoms with Crippen LogP contribution in [0, 0.1) is 0 Å². The number of esters is 1. The zero-order chi connectivity index (χ0) is 50.1. The number of carbonyl (C=O) groups excluding carboxylic acids is 2. The topological polar surface area (TPSA) is 111 Å². The Labute approximate surface area is 419 Å². The Morgan fingerprint density at radius 2 is 0.941 bits per heavy atom. The minimum Gasteiger partial charge on any atom is -0.456 e. The lowest BCUT2D eigenvalue weighted by molar-refractivity contribution is -0.870. The number of phosphoric ester groups is 1. The zero-order valence-corrected chi connectivity index (χ0v) is 45.7. The maximum atomic E-state index is 13.5. The van der Waals surface area contributed by atoms with Gasteiger partial charge in [0.05, 0.1) is 33.8 Å². The third kappa shape index (κ3) is 48.5. The van der Waals surface area contributed by atoms with Crippen molar-refractivity contribution in [3.05, 3.63) is 72.9 Å². The van der Waals surface area contributed by atoms with E-state index >= 15 is 0 Å². The Kier molecular flexibility index (Phi) is 46.3. The molecule has 0 aromatic carbocycles. The first-order valence-corrected chi connectivity index (χ1v) is 29.3. The molecule has 0 aliphatic carbocycles. The van der Waals surface area contributed by atoms with Gasteiger partial charge >= 0.3 is 13.8 Å². The molecule has 0 aliphatic heterocycles. The molecule has 0 aromatic heterocycles. The van der Waals surface area contributed by atoms with Crippen LogP contribution in [0.3, 0.4) is 0 Å². The van der Waals surface area contributed by atoms with E-state index in [1.165, 1.54) is 89.9 Å². The van der Waals surface area contributed by atoms with Gasteiger partial charge in [0.25, 0.3) is 0 Å². The summed E-state index contributed by atoms with van der Waals surface area (Å²) in [4.78, 5) is 37.5. The van der Waals surface area contributed by atoms with Gasteiger partial charge in [0.15, 0.2) is 0 Å². The molecule has 10 heteroatoms. The third-order valence-electron chi connectivity index (χ3n) is 11.9. The summed E-state index contributed by atoms with van der Waals surface area (Å²) in [6.45, 7) is 6.84. The molecule has 0 aromatic rings. The number of nitrogens with zero attached hydrogens (tertiary/aromatic N) is 1. The van der Waals surface area contributed by atoms with E-state index in [1.807, 2.05) is 33.3 Å². The molecular formula is C58H106N2O7P+. The average Bonchev–Trinajstić information content (AvgIpc) is 3.29. The van der Waals surface area contributed by atoms with Gasteiger partial charge < -0.3 is 19.4 Å². The van der Waals surface area contributed by atoms with Crippen LogP contribution in [-0.4, -0.2) is 74.3 Å². The second-order valence-corrected chi connectivity index (χ2v) is 21.2. The zero-order valence-electron chi connectivity index (χ0n) is 44.8. The quantitative estimate of drug-likeness (QED) is 0.0205. The van der Waals surface area contributed by atoms with Gasteiger partial charge in [-0.2, -0.15) is 0 Å². The lowest BCUT2D eigenvalue weighted by Crippen LogP contribution is -2.47. The summed E-state index contributed by atoms with van der Waals surface area (Å²) in [7, 11) is 1.47. The molecule has 0 saturated carbocycles. The molecule has 3 unspecified atom stereocenters. The number of quaternary nitrogens is 1. The first kappa shape index (κ1) is 65.5. The SMILES string of the molecule is CC/C=C/C/C=C/CCCCCCCCCC(=O)NC(COP(=O)(O)OCC[N+](C)(C)C)C(/C=C/CCCCCCCCCCC)OC(=O)CCCCCC/C=C\C/C=C\C/C=C\CCCCC. The van der Waals surface area contributed by atoms with Crippen LogP contribution in [0.4, 0.5) is 0 Å². The van der Waals surface area contributed by atoms with E-state index in [9.17, 15) is 19.0 Å². The number of hydrogen-bond donors (Lipinski definition) is 2. The highest BCUT2D eigenvalue weighted by molar-refractivity contribution is 7.47. The summed E-state index contributed by atoms with van der Waals surface area (Å²) in [5, 5.41) is 3.03. The number of allylic oxidation sites excluding steroid dienone is 11. The summed E-state index contributed by atoms with van der Waals surface area (Å²) >= 11 is 0.